The highest BCUT2D eigenvalue weighted by Crippen LogP contribution is 2.24. The predicted octanol–water partition coefficient (Wildman–Crippen LogP) is 3.28. The summed E-state index contributed by atoms with van der Waals surface area (Å²) in [6, 6.07) is 12.9. The van der Waals surface area contributed by atoms with E-state index < -0.39 is 10.0 Å². The molecule has 8 heteroatoms. The Hall–Kier alpha value is -2.06. The topological polar surface area (TPSA) is 75.7 Å². The van der Waals surface area contributed by atoms with Crippen LogP contribution in [0.3, 0.4) is 0 Å². The molecule has 0 heterocycles. The number of ether oxygens (including phenoxy) is 1. The molecule has 1 amide bonds. The van der Waals surface area contributed by atoms with Crippen molar-refractivity contribution in [3.05, 3.63) is 58.1 Å². The molecule has 0 unspecified atom stereocenters. The maximum absolute atomic E-state index is 12.3. The Kier molecular flexibility index (Phi) is 7.88. The molecule has 0 aliphatic heterocycles. The maximum atomic E-state index is 12.3. The number of para-hydroxylation sites is 1. The highest BCUT2D eigenvalue weighted by Gasteiger charge is 2.21. The van der Waals surface area contributed by atoms with Gasteiger partial charge < -0.3 is 10.1 Å². The molecule has 6 nitrogen and oxygen atoms in total. The number of hydrogen-bond donors (Lipinski definition) is 1. The van der Waals surface area contributed by atoms with Gasteiger partial charge in [-0.15, -0.1) is 0 Å². The molecule has 0 aromatic heterocycles. The van der Waals surface area contributed by atoms with E-state index in [2.05, 4.69) is 21.2 Å². The smallest absolute Gasteiger partial charge is 0.240 e. The van der Waals surface area contributed by atoms with Crippen LogP contribution in [0.15, 0.2) is 46.9 Å². The summed E-state index contributed by atoms with van der Waals surface area (Å²) >= 11 is 3.40. The van der Waals surface area contributed by atoms with Crippen molar-refractivity contribution in [2.75, 3.05) is 30.8 Å². The molecule has 2 aromatic carbocycles. The normalized spacial score (nSPS) is 11.1. The average Bonchev–Trinajstić information content (AvgIpc) is 2.65. The zero-order valence-electron chi connectivity index (χ0n) is 16.2. The Morgan fingerprint density at radius 1 is 1.21 bits per heavy atom. The SMILES string of the molecule is COc1ccccc1CCCNC(=O)CN(c1ccc(Br)c(C)c1)S(C)(=O)=O. The minimum atomic E-state index is -3.58. The summed E-state index contributed by atoms with van der Waals surface area (Å²) in [5.41, 5.74) is 2.43. The number of carbonyl (C=O) groups excluding carboxylic acids is 1. The standard InChI is InChI=1S/C20H25BrN2O4S/c1-15-13-17(10-11-18(15)21)23(28(3,25)26)14-20(24)22-12-6-8-16-7-4-5-9-19(16)27-2/h4-5,7,9-11,13H,6,8,12,14H2,1-3H3,(H,22,24). The number of sulfonamides is 1. The van der Waals surface area contributed by atoms with E-state index in [0.29, 0.717) is 12.2 Å². The number of aryl methyl sites for hydroxylation is 2. The molecule has 2 aromatic rings. The molecule has 0 bridgehead atoms. The number of halogens is 1. The molecule has 0 saturated heterocycles. The van der Waals surface area contributed by atoms with Crippen LogP contribution >= 0.6 is 15.9 Å². The van der Waals surface area contributed by atoms with Gasteiger partial charge in [0, 0.05) is 11.0 Å². The molecular formula is C20H25BrN2O4S. The molecular weight excluding hydrogens is 444 g/mol. The second-order valence-corrected chi connectivity index (χ2v) is 9.23. The summed E-state index contributed by atoms with van der Waals surface area (Å²) in [7, 11) is -1.96. The number of carbonyl (C=O) groups is 1. The molecule has 0 saturated carbocycles. The van der Waals surface area contributed by atoms with Crippen LogP contribution in [-0.2, 0) is 21.2 Å². The first-order chi connectivity index (χ1) is 13.2. The zero-order valence-corrected chi connectivity index (χ0v) is 18.6. The fraction of sp³-hybridized carbons (Fsp3) is 0.350. The maximum Gasteiger partial charge on any atom is 0.240 e. The predicted molar refractivity (Wildman–Crippen MR) is 115 cm³/mol. The minimum Gasteiger partial charge on any atom is -0.496 e. The first-order valence-electron chi connectivity index (χ1n) is 8.85. The summed E-state index contributed by atoms with van der Waals surface area (Å²) in [6.07, 6.45) is 2.58. The van der Waals surface area contributed by atoms with Gasteiger partial charge >= 0.3 is 0 Å². The van der Waals surface area contributed by atoms with Crippen molar-refractivity contribution in [1.82, 2.24) is 5.32 Å². The number of benzene rings is 2. The zero-order chi connectivity index (χ0) is 20.7. The Labute approximate surface area is 175 Å². The van der Waals surface area contributed by atoms with Crippen molar-refractivity contribution in [3.8, 4) is 5.75 Å². The first kappa shape index (κ1) is 22.2. The van der Waals surface area contributed by atoms with Gasteiger partial charge in [0.1, 0.15) is 12.3 Å². The number of hydrogen-bond acceptors (Lipinski definition) is 4. The molecule has 0 spiro atoms. The number of anilines is 1. The molecule has 0 radical (unpaired) electrons. The molecule has 0 aliphatic carbocycles. The molecule has 152 valence electrons. The van der Waals surface area contributed by atoms with E-state index in [-0.39, 0.29) is 12.5 Å². The van der Waals surface area contributed by atoms with Gasteiger partial charge in [-0.3, -0.25) is 9.10 Å². The van der Waals surface area contributed by atoms with Crippen molar-refractivity contribution in [2.24, 2.45) is 0 Å². The van der Waals surface area contributed by atoms with Crippen molar-refractivity contribution in [3.63, 3.8) is 0 Å². The van der Waals surface area contributed by atoms with Crippen LogP contribution in [-0.4, -0.2) is 40.8 Å². The Morgan fingerprint density at radius 2 is 1.93 bits per heavy atom. The third-order valence-electron chi connectivity index (χ3n) is 4.25. The molecule has 2 rings (SSSR count). The molecule has 28 heavy (non-hydrogen) atoms. The van der Waals surface area contributed by atoms with Crippen molar-refractivity contribution < 1.29 is 17.9 Å². The van der Waals surface area contributed by atoms with E-state index in [9.17, 15) is 13.2 Å². The van der Waals surface area contributed by atoms with Crippen LogP contribution in [0.1, 0.15) is 17.5 Å². The van der Waals surface area contributed by atoms with E-state index >= 15 is 0 Å². The van der Waals surface area contributed by atoms with Gasteiger partial charge in [-0.05, 0) is 55.2 Å². The van der Waals surface area contributed by atoms with Gasteiger partial charge in [-0.1, -0.05) is 34.1 Å². The van der Waals surface area contributed by atoms with E-state index in [0.717, 1.165) is 44.8 Å². The summed E-state index contributed by atoms with van der Waals surface area (Å²) in [5.74, 6) is 0.480. The second kappa shape index (κ2) is 9.93. The van der Waals surface area contributed by atoms with Crippen LogP contribution in [0.25, 0.3) is 0 Å². The van der Waals surface area contributed by atoms with Gasteiger partial charge in [0.05, 0.1) is 19.1 Å². The van der Waals surface area contributed by atoms with Crippen molar-refractivity contribution in [1.29, 1.82) is 0 Å². The van der Waals surface area contributed by atoms with Gasteiger partial charge in [0.2, 0.25) is 15.9 Å². The van der Waals surface area contributed by atoms with E-state index in [1.807, 2.05) is 31.2 Å². The van der Waals surface area contributed by atoms with Crippen LogP contribution in [0.2, 0.25) is 0 Å². The van der Waals surface area contributed by atoms with Crippen LogP contribution in [0.4, 0.5) is 5.69 Å². The largest absolute Gasteiger partial charge is 0.496 e. The van der Waals surface area contributed by atoms with Gasteiger partial charge in [0.25, 0.3) is 0 Å². The third-order valence-corrected chi connectivity index (χ3v) is 6.28. The highest BCUT2D eigenvalue weighted by atomic mass is 79.9. The van der Waals surface area contributed by atoms with Crippen LogP contribution in [0.5, 0.6) is 5.75 Å². The summed E-state index contributed by atoms with van der Waals surface area (Å²) in [5, 5.41) is 2.79. The molecule has 0 aliphatic rings. The summed E-state index contributed by atoms with van der Waals surface area (Å²) < 4.78 is 31.6. The lowest BCUT2D eigenvalue weighted by atomic mass is 10.1. The number of nitrogens with zero attached hydrogens (tertiary/aromatic N) is 1. The van der Waals surface area contributed by atoms with Gasteiger partial charge in [-0.2, -0.15) is 0 Å². The van der Waals surface area contributed by atoms with E-state index in [4.69, 9.17) is 4.74 Å². The monoisotopic (exact) mass is 468 g/mol. The number of methoxy groups -OCH3 is 1. The lowest BCUT2D eigenvalue weighted by Gasteiger charge is -2.22. The first-order valence-corrected chi connectivity index (χ1v) is 11.5. The Balaban J connectivity index is 1.94. The Bertz CT molecular complexity index is 932. The fourth-order valence-corrected chi connectivity index (χ4v) is 3.88. The number of amides is 1. The highest BCUT2D eigenvalue weighted by molar-refractivity contribution is 9.10. The molecule has 0 atom stereocenters. The van der Waals surface area contributed by atoms with Crippen LogP contribution in [0, 0.1) is 6.92 Å². The van der Waals surface area contributed by atoms with E-state index in [1.165, 1.54) is 0 Å². The van der Waals surface area contributed by atoms with Gasteiger partial charge in [-0.25, -0.2) is 8.42 Å². The average molecular weight is 469 g/mol. The van der Waals surface area contributed by atoms with Crippen molar-refractivity contribution >= 4 is 37.5 Å². The summed E-state index contributed by atoms with van der Waals surface area (Å²) in [6.45, 7) is 2.06. The molecule has 1 N–H and O–H groups in total. The van der Waals surface area contributed by atoms with Crippen molar-refractivity contribution in [2.45, 2.75) is 19.8 Å². The minimum absolute atomic E-state index is 0.255. The second-order valence-electron chi connectivity index (χ2n) is 6.47. The Morgan fingerprint density at radius 3 is 2.57 bits per heavy atom. The summed E-state index contributed by atoms with van der Waals surface area (Å²) in [4.78, 5) is 12.3. The van der Waals surface area contributed by atoms with E-state index in [1.54, 1.807) is 25.3 Å². The third kappa shape index (κ3) is 6.24. The van der Waals surface area contributed by atoms with Gasteiger partial charge in [0.15, 0.2) is 0 Å². The quantitative estimate of drug-likeness (QED) is 0.572. The lowest BCUT2D eigenvalue weighted by Crippen LogP contribution is -2.40. The fourth-order valence-electron chi connectivity index (χ4n) is 2.79. The molecule has 0 fully saturated rings. The lowest BCUT2D eigenvalue weighted by molar-refractivity contribution is -0.119. The number of rotatable bonds is 9. The van der Waals surface area contributed by atoms with Crippen LogP contribution < -0.4 is 14.4 Å². The number of nitrogens with one attached hydrogen (secondary N) is 1.